The Labute approximate surface area is 148 Å². The van der Waals surface area contributed by atoms with Gasteiger partial charge in [0.1, 0.15) is 16.5 Å². The fraction of sp³-hybridized carbons (Fsp3) is 0.353. The van der Waals surface area contributed by atoms with Crippen molar-refractivity contribution in [3.63, 3.8) is 0 Å². The maximum Gasteiger partial charge on any atom is 0.306 e. The summed E-state index contributed by atoms with van der Waals surface area (Å²) in [6, 6.07) is 7.47. The lowest BCUT2D eigenvalue weighted by molar-refractivity contribution is -0.141. The Hall–Kier alpha value is -2.45. The molecule has 25 heavy (non-hydrogen) atoms. The molecule has 0 unspecified atom stereocenters. The molecule has 0 aliphatic carbocycles. The highest BCUT2D eigenvalue weighted by atomic mass is 32.1. The maximum atomic E-state index is 12.6. The third kappa shape index (κ3) is 4.15. The van der Waals surface area contributed by atoms with Gasteiger partial charge in [-0.05, 0) is 24.3 Å². The van der Waals surface area contributed by atoms with Crippen LogP contribution in [0.25, 0.3) is 10.6 Å². The molecule has 2 aromatic rings. The Morgan fingerprint density at radius 2 is 2.16 bits per heavy atom. The normalized spacial score (nSPS) is 17.3. The molecule has 132 valence electrons. The van der Waals surface area contributed by atoms with E-state index in [2.05, 4.69) is 4.98 Å². The van der Waals surface area contributed by atoms with Crippen LogP contribution in [0.1, 0.15) is 16.9 Å². The molecular formula is C17H18N2O5S. The van der Waals surface area contributed by atoms with Crippen molar-refractivity contribution >= 4 is 23.2 Å². The first-order valence-corrected chi connectivity index (χ1v) is 8.67. The fourth-order valence-corrected chi connectivity index (χ4v) is 3.42. The number of morpholine rings is 1. The third-order valence-electron chi connectivity index (χ3n) is 3.89. The second kappa shape index (κ2) is 7.62. The molecule has 1 N–H and O–H groups in total. The maximum absolute atomic E-state index is 12.6. The van der Waals surface area contributed by atoms with Gasteiger partial charge in [-0.1, -0.05) is 0 Å². The van der Waals surface area contributed by atoms with Gasteiger partial charge in [0.15, 0.2) is 0 Å². The van der Waals surface area contributed by atoms with Gasteiger partial charge in [0.25, 0.3) is 5.91 Å². The molecule has 1 aliphatic rings. The molecule has 0 bridgehead atoms. The van der Waals surface area contributed by atoms with E-state index in [0.29, 0.717) is 18.8 Å². The Balaban J connectivity index is 1.70. The van der Waals surface area contributed by atoms with Gasteiger partial charge in [0, 0.05) is 24.0 Å². The van der Waals surface area contributed by atoms with E-state index in [0.717, 1.165) is 16.3 Å². The van der Waals surface area contributed by atoms with Gasteiger partial charge in [-0.25, -0.2) is 4.98 Å². The Morgan fingerprint density at radius 1 is 1.40 bits per heavy atom. The summed E-state index contributed by atoms with van der Waals surface area (Å²) in [5.41, 5.74) is 1.28. The molecule has 2 heterocycles. The number of aromatic nitrogens is 1. The van der Waals surface area contributed by atoms with Gasteiger partial charge in [0.2, 0.25) is 0 Å². The van der Waals surface area contributed by atoms with Crippen molar-refractivity contribution in [2.45, 2.75) is 12.5 Å². The molecule has 1 atom stereocenters. The van der Waals surface area contributed by atoms with Crippen molar-refractivity contribution in [2.24, 2.45) is 0 Å². The number of nitrogens with zero attached hydrogens (tertiary/aromatic N) is 2. The van der Waals surface area contributed by atoms with E-state index in [1.165, 1.54) is 11.3 Å². The van der Waals surface area contributed by atoms with Crippen LogP contribution < -0.4 is 4.74 Å². The number of methoxy groups -OCH3 is 1. The molecule has 1 aromatic heterocycles. The highest BCUT2D eigenvalue weighted by Gasteiger charge is 2.27. The van der Waals surface area contributed by atoms with Crippen LogP contribution in [-0.2, 0) is 9.53 Å². The number of hydrogen-bond donors (Lipinski definition) is 1. The number of amides is 1. The summed E-state index contributed by atoms with van der Waals surface area (Å²) in [5.74, 6) is -0.376. The van der Waals surface area contributed by atoms with E-state index in [1.807, 2.05) is 24.3 Å². The first-order valence-electron chi connectivity index (χ1n) is 7.79. The predicted molar refractivity (Wildman–Crippen MR) is 92.0 cm³/mol. The number of hydrogen-bond acceptors (Lipinski definition) is 6. The van der Waals surface area contributed by atoms with Crippen LogP contribution >= 0.6 is 11.3 Å². The zero-order chi connectivity index (χ0) is 17.8. The number of carboxylic acids is 1. The van der Waals surface area contributed by atoms with E-state index >= 15 is 0 Å². The molecule has 0 spiro atoms. The summed E-state index contributed by atoms with van der Waals surface area (Å²) in [7, 11) is 1.61. The number of carbonyl (C=O) groups excluding carboxylic acids is 1. The van der Waals surface area contributed by atoms with Crippen molar-refractivity contribution in [3.8, 4) is 16.3 Å². The van der Waals surface area contributed by atoms with Crippen molar-refractivity contribution in [2.75, 3.05) is 26.8 Å². The fourth-order valence-electron chi connectivity index (χ4n) is 2.62. The number of benzene rings is 1. The van der Waals surface area contributed by atoms with E-state index in [-0.39, 0.29) is 18.9 Å². The van der Waals surface area contributed by atoms with Gasteiger partial charge < -0.3 is 19.5 Å². The first kappa shape index (κ1) is 17.4. The number of carbonyl (C=O) groups is 2. The second-order valence-corrected chi connectivity index (χ2v) is 6.47. The molecule has 1 amide bonds. The molecule has 8 heteroatoms. The topological polar surface area (TPSA) is 89.0 Å². The highest BCUT2D eigenvalue weighted by molar-refractivity contribution is 7.13. The minimum Gasteiger partial charge on any atom is -0.497 e. The molecular weight excluding hydrogens is 344 g/mol. The average Bonchev–Trinajstić information content (AvgIpc) is 3.11. The summed E-state index contributed by atoms with van der Waals surface area (Å²) < 4.78 is 10.5. The summed E-state index contributed by atoms with van der Waals surface area (Å²) in [6.07, 6.45) is -0.590. The van der Waals surface area contributed by atoms with E-state index in [4.69, 9.17) is 14.6 Å². The lowest BCUT2D eigenvalue weighted by atomic mass is 10.2. The van der Waals surface area contributed by atoms with Gasteiger partial charge in [-0.15, -0.1) is 11.3 Å². The number of rotatable bonds is 5. The van der Waals surface area contributed by atoms with E-state index in [9.17, 15) is 9.59 Å². The number of aliphatic carboxylic acids is 1. The minimum atomic E-state index is -0.935. The summed E-state index contributed by atoms with van der Waals surface area (Å²) >= 11 is 1.40. The van der Waals surface area contributed by atoms with E-state index < -0.39 is 12.1 Å². The predicted octanol–water partition coefficient (Wildman–Crippen LogP) is 2.13. The SMILES string of the molecule is COc1ccc(-c2nc(C(=O)N3CCO[C@H](CC(=O)O)C3)cs2)cc1. The van der Waals surface area contributed by atoms with Gasteiger partial charge in [0.05, 0.1) is 26.2 Å². The summed E-state index contributed by atoms with van der Waals surface area (Å²) in [4.78, 5) is 29.5. The lowest BCUT2D eigenvalue weighted by Gasteiger charge is -2.31. The number of ether oxygens (including phenoxy) is 2. The monoisotopic (exact) mass is 362 g/mol. The molecule has 7 nitrogen and oxygen atoms in total. The van der Waals surface area contributed by atoms with Crippen LogP contribution in [0.3, 0.4) is 0 Å². The van der Waals surface area contributed by atoms with Crippen molar-refractivity contribution < 1.29 is 24.2 Å². The zero-order valence-electron chi connectivity index (χ0n) is 13.7. The van der Waals surface area contributed by atoms with E-state index in [1.54, 1.807) is 17.4 Å². The molecule has 1 aliphatic heterocycles. The van der Waals surface area contributed by atoms with Crippen molar-refractivity contribution in [1.82, 2.24) is 9.88 Å². The number of thiazole rings is 1. The largest absolute Gasteiger partial charge is 0.497 e. The second-order valence-electron chi connectivity index (χ2n) is 5.61. The minimum absolute atomic E-state index is 0.113. The van der Waals surface area contributed by atoms with Crippen LogP contribution in [0, 0.1) is 0 Å². The Kier molecular flexibility index (Phi) is 5.30. The van der Waals surface area contributed by atoms with Crippen LogP contribution in [0.15, 0.2) is 29.6 Å². The van der Waals surface area contributed by atoms with Crippen LogP contribution in [0.4, 0.5) is 0 Å². The van der Waals surface area contributed by atoms with Crippen LogP contribution in [0.5, 0.6) is 5.75 Å². The van der Waals surface area contributed by atoms with Crippen LogP contribution in [-0.4, -0.2) is 59.8 Å². The standard InChI is InChI=1S/C17H18N2O5S/c1-23-12-4-2-11(3-5-12)16-18-14(10-25-16)17(22)19-6-7-24-13(9-19)8-15(20)21/h2-5,10,13H,6-9H2,1H3,(H,20,21)/t13-/m1/s1. The average molecular weight is 362 g/mol. The molecule has 0 radical (unpaired) electrons. The summed E-state index contributed by atoms with van der Waals surface area (Å²) in [5, 5.41) is 11.3. The molecule has 1 aromatic carbocycles. The van der Waals surface area contributed by atoms with Crippen LogP contribution in [0.2, 0.25) is 0 Å². The first-order chi connectivity index (χ1) is 12.1. The third-order valence-corrected chi connectivity index (χ3v) is 4.78. The van der Waals surface area contributed by atoms with Gasteiger partial charge >= 0.3 is 5.97 Å². The molecule has 1 saturated heterocycles. The quantitative estimate of drug-likeness (QED) is 0.877. The zero-order valence-corrected chi connectivity index (χ0v) is 14.5. The summed E-state index contributed by atoms with van der Waals surface area (Å²) in [6.45, 7) is 1.03. The molecule has 0 saturated carbocycles. The van der Waals surface area contributed by atoms with Gasteiger partial charge in [-0.3, -0.25) is 9.59 Å². The smallest absolute Gasteiger partial charge is 0.306 e. The molecule has 1 fully saturated rings. The van der Waals surface area contributed by atoms with Crippen molar-refractivity contribution in [1.29, 1.82) is 0 Å². The lowest BCUT2D eigenvalue weighted by Crippen LogP contribution is -2.46. The van der Waals surface area contributed by atoms with Gasteiger partial charge in [-0.2, -0.15) is 0 Å². The Morgan fingerprint density at radius 3 is 2.84 bits per heavy atom. The number of carboxylic acid groups (broad SMARTS) is 1. The Bertz CT molecular complexity index is 759. The highest BCUT2D eigenvalue weighted by Crippen LogP contribution is 2.26. The molecule has 3 rings (SSSR count). The van der Waals surface area contributed by atoms with Crippen molar-refractivity contribution in [3.05, 3.63) is 35.3 Å².